The van der Waals surface area contributed by atoms with Gasteiger partial charge in [0.05, 0.1) is 27.4 Å². The van der Waals surface area contributed by atoms with E-state index in [0.717, 1.165) is 5.56 Å². The molecule has 0 saturated heterocycles. The summed E-state index contributed by atoms with van der Waals surface area (Å²) in [6, 6.07) is 6.95. The molecule has 0 atom stereocenters. The Labute approximate surface area is 141 Å². The maximum Gasteiger partial charge on any atom is 0.259 e. The Hall–Kier alpha value is -2.83. The van der Waals surface area contributed by atoms with E-state index in [9.17, 15) is 4.79 Å². The van der Waals surface area contributed by atoms with Gasteiger partial charge in [-0.05, 0) is 19.1 Å². The number of nitrogens with zero attached hydrogens (tertiary/aromatic N) is 3. The molecular weight excluding hydrogens is 310 g/mol. The van der Waals surface area contributed by atoms with E-state index in [-0.39, 0.29) is 11.8 Å². The highest BCUT2D eigenvalue weighted by Crippen LogP contribution is 2.23. The van der Waals surface area contributed by atoms with Gasteiger partial charge in [0.2, 0.25) is 17.6 Å². The van der Waals surface area contributed by atoms with Crippen LogP contribution in [0.5, 0.6) is 17.6 Å². The fraction of sp³-hybridized carbons (Fsp3) is 0.353. The molecule has 0 aromatic carbocycles. The molecule has 24 heavy (non-hydrogen) atoms. The Morgan fingerprint density at radius 3 is 2.62 bits per heavy atom. The lowest BCUT2D eigenvalue weighted by Gasteiger charge is -2.19. The van der Waals surface area contributed by atoms with Crippen molar-refractivity contribution < 1.29 is 19.0 Å². The van der Waals surface area contributed by atoms with Gasteiger partial charge >= 0.3 is 0 Å². The molecule has 7 nitrogen and oxygen atoms in total. The number of aromatic nitrogens is 2. The number of ether oxygens (including phenoxy) is 3. The zero-order valence-corrected chi connectivity index (χ0v) is 14.3. The maximum atomic E-state index is 12.7. The van der Waals surface area contributed by atoms with Crippen molar-refractivity contribution in [2.24, 2.45) is 0 Å². The van der Waals surface area contributed by atoms with Crippen molar-refractivity contribution in [3.8, 4) is 17.6 Å². The summed E-state index contributed by atoms with van der Waals surface area (Å²) in [5.74, 6) is 0.923. The molecule has 128 valence electrons. The molecule has 0 aliphatic carbocycles. The van der Waals surface area contributed by atoms with Crippen LogP contribution >= 0.6 is 0 Å². The Balaban J connectivity index is 2.21. The minimum absolute atomic E-state index is 0.215. The third-order valence-corrected chi connectivity index (χ3v) is 3.35. The third-order valence-electron chi connectivity index (χ3n) is 3.35. The minimum atomic E-state index is -0.215. The summed E-state index contributed by atoms with van der Waals surface area (Å²) >= 11 is 0. The van der Waals surface area contributed by atoms with Crippen LogP contribution < -0.4 is 14.2 Å². The number of hydrogen-bond donors (Lipinski definition) is 0. The van der Waals surface area contributed by atoms with Crippen LogP contribution in [-0.4, -0.2) is 48.6 Å². The number of pyridine rings is 2. The number of carbonyl (C=O) groups is 1. The molecule has 0 saturated carbocycles. The van der Waals surface area contributed by atoms with Crippen LogP contribution in [0.3, 0.4) is 0 Å². The summed E-state index contributed by atoms with van der Waals surface area (Å²) in [5.41, 5.74) is 1.19. The van der Waals surface area contributed by atoms with E-state index < -0.39 is 0 Å². The lowest BCUT2D eigenvalue weighted by atomic mass is 10.2. The first-order valence-corrected chi connectivity index (χ1v) is 7.51. The molecule has 2 rings (SSSR count). The van der Waals surface area contributed by atoms with Gasteiger partial charge in [-0.15, -0.1) is 0 Å². The molecule has 0 N–H and O–H groups in total. The quantitative estimate of drug-likeness (QED) is 0.774. The van der Waals surface area contributed by atoms with Crippen LogP contribution in [0.1, 0.15) is 22.8 Å². The van der Waals surface area contributed by atoms with Crippen molar-refractivity contribution in [3.05, 3.63) is 41.6 Å². The molecule has 0 aliphatic heterocycles. The van der Waals surface area contributed by atoms with E-state index in [2.05, 4.69) is 9.97 Å². The lowest BCUT2D eigenvalue weighted by Crippen LogP contribution is -2.27. The minimum Gasteiger partial charge on any atom is -0.481 e. The Bertz CT molecular complexity index is 706. The molecule has 0 spiro atoms. The van der Waals surface area contributed by atoms with Gasteiger partial charge in [-0.1, -0.05) is 6.07 Å². The van der Waals surface area contributed by atoms with Gasteiger partial charge < -0.3 is 19.1 Å². The van der Waals surface area contributed by atoms with Crippen LogP contribution in [0.25, 0.3) is 0 Å². The van der Waals surface area contributed by atoms with Crippen LogP contribution in [0.15, 0.2) is 30.5 Å². The summed E-state index contributed by atoms with van der Waals surface area (Å²) in [6.07, 6.45) is 1.66. The van der Waals surface area contributed by atoms with Gasteiger partial charge in [0.15, 0.2) is 0 Å². The third kappa shape index (κ3) is 3.92. The molecule has 1 amide bonds. The van der Waals surface area contributed by atoms with Crippen LogP contribution in [0.4, 0.5) is 0 Å². The first kappa shape index (κ1) is 17.5. The standard InChI is InChI=1S/C17H21N3O4/c1-5-24-15-12(7-6-10-18-15)11-20(2)17(21)13-8-9-14(22-3)19-16(13)23-4/h6-10H,5,11H2,1-4H3. The van der Waals surface area contributed by atoms with Crippen molar-refractivity contribution in [2.75, 3.05) is 27.9 Å². The normalized spacial score (nSPS) is 10.2. The Morgan fingerprint density at radius 1 is 1.17 bits per heavy atom. The van der Waals surface area contributed by atoms with Crippen molar-refractivity contribution >= 4 is 5.91 Å². The molecule has 0 unspecified atom stereocenters. The summed E-state index contributed by atoms with van der Waals surface area (Å²) in [5, 5.41) is 0. The average Bonchev–Trinajstić information content (AvgIpc) is 2.62. The highest BCUT2D eigenvalue weighted by atomic mass is 16.5. The highest BCUT2D eigenvalue weighted by molar-refractivity contribution is 5.96. The number of rotatable bonds is 7. The van der Waals surface area contributed by atoms with Crippen LogP contribution in [0, 0.1) is 0 Å². The maximum absolute atomic E-state index is 12.7. The molecule has 2 heterocycles. The van der Waals surface area contributed by atoms with E-state index in [1.54, 1.807) is 30.3 Å². The fourth-order valence-corrected chi connectivity index (χ4v) is 2.20. The largest absolute Gasteiger partial charge is 0.481 e. The van der Waals surface area contributed by atoms with E-state index in [1.165, 1.54) is 14.2 Å². The molecule has 0 aliphatic rings. The predicted molar refractivity (Wildman–Crippen MR) is 88.5 cm³/mol. The van der Waals surface area contributed by atoms with Gasteiger partial charge in [-0.3, -0.25) is 4.79 Å². The smallest absolute Gasteiger partial charge is 0.259 e. The summed E-state index contributed by atoms with van der Waals surface area (Å²) in [4.78, 5) is 22.6. The molecule has 7 heteroatoms. The first-order chi connectivity index (χ1) is 11.6. The van der Waals surface area contributed by atoms with Gasteiger partial charge in [0.1, 0.15) is 5.56 Å². The number of methoxy groups -OCH3 is 2. The molecular formula is C17H21N3O4. The zero-order valence-electron chi connectivity index (χ0n) is 14.3. The monoisotopic (exact) mass is 331 g/mol. The molecule has 2 aromatic rings. The van der Waals surface area contributed by atoms with Gasteiger partial charge in [-0.2, -0.15) is 4.98 Å². The van der Waals surface area contributed by atoms with E-state index in [0.29, 0.717) is 30.5 Å². The number of carbonyl (C=O) groups excluding carboxylic acids is 1. The molecule has 0 bridgehead atoms. The Kier molecular flexibility index (Phi) is 5.95. The van der Waals surface area contributed by atoms with Gasteiger partial charge in [0, 0.05) is 24.9 Å². The first-order valence-electron chi connectivity index (χ1n) is 7.51. The second-order valence-corrected chi connectivity index (χ2v) is 4.97. The van der Waals surface area contributed by atoms with Crippen molar-refractivity contribution in [2.45, 2.75) is 13.5 Å². The fourth-order valence-electron chi connectivity index (χ4n) is 2.20. The SMILES string of the molecule is CCOc1ncccc1CN(C)C(=O)c1ccc(OC)nc1OC. The van der Waals surface area contributed by atoms with E-state index in [1.807, 2.05) is 19.1 Å². The topological polar surface area (TPSA) is 73.8 Å². The zero-order chi connectivity index (χ0) is 17.5. The van der Waals surface area contributed by atoms with Crippen molar-refractivity contribution in [1.29, 1.82) is 0 Å². The number of amides is 1. The summed E-state index contributed by atoms with van der Waals surface area (Å²) in [6.45, 7) is 2.76. The highest BCUT2D eigenvalue weighted by Gasteiger charge is 2.20. The van der Waals surface area contributed by atoms with E-state index >= 15 is 0 Å². The van der Waals surface area contributed by atoms with Crippen molar-refractivity contribution in [3.63, 3.8) is 0 Å². The Morgan fingerprint density at radius 2 is 1.96 bits per heavy atom. The average molecular weight is 331 g/mol. The lowest BCUT2D eigenvalue weighted by molar-refractivity contribution is 0.0779. The van der Waals surface area contributed by atoms with Crippen LogP contribution in [-0.2, 0) is 6.54 Å². The molecule has 2 aromatic heterocycles. The second-order valence-electron chi connectivity index (χ2n) is 4.97. The van der Waals surface area contributed by atoms with E-state index in [4.69, 9.17) is 14.2 Å². The molecule has 0 radical (unpaired) electrons. The summed E-state index contributed by atoms with van der Waals surface area (Å²) in [7, 11) is 4.68. The molecule has 0 fully saturated rings. The predicted octanol–water partition coefficient (Wildman–Crippen LogP) is 2.16. The second kappa shape index (κ2) is 8.14. The van der Waals surface area contributed by atoms with Crippen LogP contribution in [0.2, 0.25) is 0 Å². The van der Waals surface area contributed by atoms with Crippen molar-refractivity contribution in [1.82, 2.24) is 14.9 Å². The number of hydrogen-bond acceptors (Lipinski definition) is 6. The van der Waals surface area contributed by atoms with Gasteiger partial charge in [-0.25, -0.2) is 4.98 Å². The van der Waals surface area contributed by atoms with Gasteiger partial charge in [0.25, 0.3) is 5.91 Å². The summed E-state index contributed by atoms with van der Waals surface area (Å²) < 4.78 is 15.7.